The molecule has 5 rings (SSSR count). The summed E-state index contributed by atoms with van der Waals surface area (Å²) in [6.45, 7) is 3.33. The molecule has 0 atom stereocenters. The van der Waals surface area contributed by atoms with Gasteiger partial charge in [-0.1, -0.05) is 6.42 Å². The lowest BCUT2D eigenvalue weighted by Gasteiger charge is -2.35. The van der Waals surface area contributed by atoms with Crippen molar-refractivity contribution >= 4 is 21.7 Å². The fourth-order valence-corrected chi connectivity index (χ4v) is 6.74. The normalized spacial score (nSPS) is 16.4. The number of rotatable bonds is 8. The van der Waals surface area contributed by atoms with Gasteiger partial charge in [0, 0.05) is 50.4 Å². The van der Waals surface area contributed by atoms with Crippen LogP contribution < -0.4 is 19.1 Å². The Labute approximate surface area is 240 Å². The Morgan fingerprint density at radius 1 is 0.756 bits per heavy atom. The van der Waals surface area contributed by atoms with Crippen LogP contribution in [0.25, 0.3) is 11.3 Å². The second-order valence-corrected chi connectivity index (χ2v) is 11.9. The SMILES string of the molecule is COc1cc(-c2ccc(N3CCN(C(=O)c4ccc(S(=O)(=O)N5CCCCC5)cc4)CC3)nn2)cc(OC)c1OC. The molecule has 11 nitrogen and oxygen atoms in total. The monoisotopic (exact) mass is 581 g/mol. The molecule has 0 bridgehead atoms. The first-order chi connectivity index (χ1) is 19.8. The maximum absolute atomic E-state index is 13.1. The highest BCUT2D eigenvalue weighted by Gasteiger charge is 2.27. The molecule has 218 valence electrons. The molecule has 12 heteroatoms. The second kappa shape index (κ2) is 12.3. The Hall–Kier alpha value is -3.90. The summed E-state index contributed by atoms with van der Waals surface area (Å²) < 4.78 is 43.7. The van der Waals surface area contributed by atoms with Crippen molar-refractivity contribution in [3.63, 3.8) is 0 Å². The Bertz CT molecular complexity index is 1440. The topological polar surface area (TPSA) is 114 Å². The first-order valence-corrected chi connectivity index (χ1v) is 15.1. The number of hydrogen-bond donors (Lipinski definition) is 0. The molecule has 2 aliphatic rings. The number of amides is 1. The summed E-state index contributed by atoms with van der Waals surface area (Å²) in [5.74, 6) is 2.18. The fourth-order valence-electron chi connectivity index (χ4n) is 5.22. The average molecular weight is 582 g/mol. The van der Waals surface area contributed by atoms with Crippen molar-refractivity contribution in [3.05, 3.63) is 54.1 Å². The number of carbonyl (C=O) groups excluding carboxylic acids is 1. The summed E-state index contributed by atoms with van der Waals surface area (Å²) in [7, 11) is 1.16. The lowest BCUT2D eigenvalue weighted by Crippen LogP contribution is -2.49. The van der Waals surface area contributed by atoms with E-state index in [0.29, 0.717) is 67.8 Å². The zero-order valence-corrected chi connectivity index (χ0v) is 24.4. The van der Waals surface area contributed by atoms with Crippen LogP contribution in [0.2, 0.25) is 0 Å². The quantitative estimate of drug-likeness (QED) is 0.395. The molecule has 3 heterocycles. The lowest BCUT2D eigenvalue weighted by molar-refractivity contribution is 0.0746. The maximum atomic E-state index is 13.1. The lowest BCUT2D eigenvalue weighted by atomic mass is 10.1. The van der Waals surface area contributed by atoms with E-state index >= 15 is 0 Å². The molecule has 2 aliphatic heterocycles. The van der Waals surface area contributed by atoms with Crippen molar-refractivity contribution in [3.8, 4) is 28.5 Å². The third-order valence-corrected chi connectivity index (χ3v) is 9.47. The zero-order chi connectivity index (χ0) is 29.0. The van der Waals surface area contributed by atoms with E-state index in [4.69, 9.17) is 14.2 Å². The van der Waals surface area contributed by atoms with E-state index in [1.54, 1.807) is 50.5 Å². The van der Waals surface area contributed by atoms with Gasteiger partial charge in [0.25, 0.3) is 5.91 Å². The fraction of sp³-hybridized carbons (Fsp3) is 0.414. The van der Waals surface area contributed by atoms with Crippen molar-refractivity contribution in [2.75, 3.05) is 65.5 Å². The summed E-state index contributed by atoms with van der Waals surface area (Å²) in [6.07, 6.45) is 2.81. The first-order valence-electron chi connectivity index (χ1n) is 13.6. The van der Waals surface area contributed by atoms with Crippen LogP contribution in [-0.4, -0.2) is 94.3 Å². The van der Waals surface area contributed by atoms with Gasteiger partial charge in [0.1, 0.15) is 0 Å². The van der Waals surface area contributed by atoms with Crippen LogP contribution >= 0.6 is 0 Å². The van der Waals surface area contributed by atoms with E-state index in [0.717, 1.165) is 30.6 Å². The van der Waals surface area contributed by atoms with E-state index in [1.807, 2.05) is 24.3 Å². The van der Waals surface area contributed by atoms with E-state index in [-0.39, 0.29) is 10.8 Å². The predicted octanol–water partition coefficient (Wildman–Crippen LogP) is 3.31. The van der Waals surface area contributed by atoms with E-state index in [2.05, 4.69) is 15.1 Å². The molecule has 0 aliphatic carbocycles. The highest BCUT2D eigenvalue weighted by atomic mass is 32.2. The molecular weight excluding hydrogens is 546 g/mol. The molecule has 0 N–H and O–H groups in total. The minimum Gasteiger partial charge on any atom is -0.493 e. The van der Waals surface area contributed by atoms with Crippen LogP contribution in [0, 0.1) is 0 Å². The van der Waals surface area contributed by atoms with E-state index < -0.39 is 10.0 Å². The number of aromatic nitrogens is 2. The summed E-state index contributed by atoms with van der Waals surface area (Å²) in [5.41, 5.74) is 1.92. The number of anilines is 1. The standard InChI is InChI=1S/C29H35N5O6S/c1-38-25-19-22(20-26(39-2)28(25)40-3)24-11-12-27(31-30-24)32-15-17-33(18-16-32)29(35)21-7-9-23(10-8-21)41(36,37)34-13-5-4-6-14-34/h7-12,19-20H,4-6,13-18H2,1-3H3. The highest BCUT2D eigenvalue weighted by Crippen LogP contribution is 2.40. The number of piperazine rings is 1. The molecule has 1 amide bonds. The van der Waals surface area contributed by atoms with E-state index in [9.17, 15) is 13.2 Å². The van der Waals surface area contributed by atoms with Gasteiger partial charge in [0.2, 0.25) is 15.8 Å². The molecule has 2 fully saturated rings. The van der Waals surface area contributed by atoms with E-state index in [1.165, 1.54) is 4.31 Å². The van der Waals surface area contributed by atoms with Crippen LogP contribution in [0.1, 0.15) is 29.6 Å². The summed E-state index contributed by atoms with van der Waals surface area (Å²) >= 11 is 0. The van der Waals surface area contributed by atoms with Gasteiger partial charge in [-0.3, -0.25) is 4.79 Å². The maximum Gasteiger partial charge on any atom is 0.253 e. The van der Waals surface area contributed by atoms with Gasteiger partial charge in [0.15, 0.2) is 17.3 Å². The van der Waals surface area contributed by atoms with Crippen LogP contribution in [0.15, 0.2) is 53.4 Å². The number of ether oxygens (including phenoxy) is 3. The Kier molecular flexibility index (Phi) is 8.60. The number of nitrogens with zero attached hydrogens (tertiary/aromatic N) is 5. The molecule has 0 saturated carbocycles. The number of sulfonamides is 1. The van der Waals surface area contributed by atoms with Crippen molar-refractivity contribution in [1.29, 1.82) is 0 Å². The second-order valence-electron chi connectivity index (χ2n) is 9.96. The third-order valence-electron chi connectivity index (χ3n) is 7.56. The number of methoxy groups -OCH3 is 3. The van der Waals surface area contributed by atoms with Crippen LogP contribution in [0.5, 0.6) is 17.2 Å². The molecule has 2 aromatic carbocycles. The Morgan fingerprint density at radius 3 is 1.93 bits per heavy atom. The van der Waals surface area contributed by atoms with Gasteiger partial charge >= 0.3 is 0 Å². The van der Waals surface area contributed by atoms with Crippen LogP contribution in [0.3, 0.4) is 0 Å². The molecule has 41 heavy (non-hydrogen) atoms. The van der Waals surface area contributed by atoms with Crippen molar-refractivity contribution in [1.82, 2.24) is 19.4 Å². The van der Waals surface area contributed by atoms with Crippen LogP contribution in [0.4, 0.5) is 5.82 Å². The average Bonchev–Trinajstić information content (AvgIpc) is 3.04. The number of piperidine rings is 1. The minimum atomic E-state index is -3.53. The zero-order valence-electron chi connectivity index (χ0n) is 23.6. The summed E-state index contributed by atoms with van der Waals surface area (Å²) in [4.78, 5) is 17.2. The van der Waals surface area contributed by atoms with Gasteiger partial charge < -0.3 is 24.0 Å². The molecule has 1 aromatic heterocycles. The minimum absolute atomic E-state index is 0.115. The smallest absolute Gasteiger partial charge is 0.253 e. The Balaban J connectivity index is 1.21. The van der Waals surface area contributed by atoms with Crippen molar-refractivity contribution < 1.29 is 27.4 Å². The third kappa shape index (κ3) is 5.94. The Morgan fingerprint density at radius 2 is 1.39 bits per heavy atom. The molecule has 2 saturated heterocycles. The van der Waals surface area contributed by atoms with Gasteiger partial charge in [-0.05, 0) is 61.4 Å². The largest absolute Gasteiger partial charge is 0.493 e. The molecule has 0 unspecified atom stereocenters. The van der Waals surface area contributed by atoms with Crippen molar-refractivity contribution in [2.24, 2.45) is 0 Å². The molecule has 0 spiro atoms. The van der Waals surface area contributed by atoms with Crippen molar-refractivity contribution in [2.45, 2.75) is 24.2 Å². The summed E-state index contributed by atoms with van der Waals surface area (Å²) in [5, 5.41) is 8.85. The highest BCUT2D eigenvalue weighted by molar-refractivity contribution is 7.89. The number of hydrogen-bond acceptors (Lipinski definition) is 9. The molecular formula is C29H35N5O6S. The first kappa shape index (κ1) is 28.6. The number of benzene rings is 2. The molecule has 3 aromatic rings. The summed E-state index contributed by atoms with van der Waals surface area (Å²) in [6, 6.07) is 13.7. The van der Waals surface area contributed by atoms with Gasteiger partial charge in [-0.2, -0.15) is 4.31 Å². The van der Waals surface area contributed by atoms with Gasteiger partial charge in [0.05, 0.1) is 31.9 Å². The predicted molar refractivity (Wildman–Crippen MR) is 154 cm³/mol. The van der Waals surface area contributed by atoms with Gasteiger partial charge in [-0.15, -0.1) is 10.2 Å². The molecule has 0 radical (unpaired) electrons. The van der Waals surface area contributed by atoms with Gasteiger partial charge in [-0.25, -0.2) is 8.42 Å². The number of carbonyl (C=O) groups is 1. The van der Waals surface area contributed by atoms with Crippen LogP contribution in [-0.2, 0) is 10.0 Å².